The minimum atomic E-state index is -2.12. The van der Waals surface area contributed by atoms with Gasteiger partial charge in [-0.05, 0) is 23.7 Å². The third-order valence-electron chi connectivity index (χ3n) is 3.33. The molecule has 0 saturated heterocycles. The molecule has 8 heteroatoms. The van der Waals surface area contributed by atoms with Gasteiger partial charge >= 0.3 is 0 Å². The zero-order valence-corrected chi connectivity index (χ0v) is 13.1. The normalized spacial score (nSPS) is 14.1. The summed E-state index contributed by atoms with van der Waals surface area (Å²) in [5, 5.41) is 21.0. The van der Waals surface area contributed by atoms with E-state index in [0.29, 0.717) is 0 Å². The largest absolute Gasteiger partial charge is 0.413 e. The van der Waals surface area contributed by atoms with Gasteiger partial charge in [-0.1, -0.05) is 25.9 Å². The lowest BCUT2D eigenvalue weighted by Crippen LogP contribution is -2.45. The van der Waals surface area contributed by atoms with E-state index < -0.39 is 26.5 Å². The Labute approximate surface area is 114 Å². The molecule has 110 valence electrons. The smallest absolute Gasteiger partial charge is 0.212 e. The van der Waals surface area contributed by atoms with Crippen LogP contribution in [0.25, 0.3) is 10.4 Å². The summed E-state index contributed by atoms with van der Waals surface area (Å²) in [6, 6.07) is 0. The second-order valence-electron chi connectivity index (χ2n) is 5.96. The first kappa shape index (κ1) is 18.1. The standard InChI is InChI=1S/C11H23N3O4Si/c1-11(2,3)19(4,5)18-8(7-13-14-12)6-9(15)10(16)17/h8,10,16-17H,6-7H2,1-5H3/t8-/m0/s1. The lowest BCUT2D eigenvalue weighted by atomic mass is 10.2. The molecular weight excluding hydrogens is 266 g/mol. The molecule has 0 aromatic rings. The highest BCUT2D eigenvalue weighted by molar-refractivity contribution is 6.74. The summed E-state index contributed by atoms with van der Waals surface area (Å²) < 4.78 is 5.96. The maximum atomic E-state index is 11.4. The number of aliphatic hydroxyl groups excluding tert-OH is 1. The van der Waals surface area contributed by atoms with Crippen molar-refractivity contribution in [3.63, 3.8) is 0 Å². The van der Waals surface area contributed by atoms with Crippen LogP contribution < -0.4 is 0 Å². The third kappa shape index (κ3) is 6.17. The van der Waals surface area contributed by atoms with E-state index in [1.807, 2.05) is 33.9 Å². The zero-order valence-electron chi connectivity index (χ0n) is 12.1. The highest BCUT2D eigenvalue weighted by atomic mass is 28.4. The van der Waals surface area contributed by atoms with Gasteiger partial charge < -0.3 is 14.6 Å². The maximum absolute atomic E-state index is 11.4. The van der Waals surface area contributed by atoms with E-state index in [4.69, 9.17) is 20.2 Å². The van der Waals surface area contributed by atoms with Crippen molar-refractivity contribution in [3.05, 3.63) is 10.4 Å². The summed E-state index contributed by atoms with van der Waals surface area (Å²) in [7, 11) is -2.12. The molecule has 19 heavy (non-hydrogen) atoms. The van der Waals surface area contributed by atoms with Gasteiger partial charge in [-0.15, -0.1) is 0 Å². The van der Waals surface area contributed by atoms with Gasteiger partial charge in [-0.2, -0.15) is 0 Å². The van der Waals surface area contributed by atoms with Gasteiger partial charge in [-0.25, -0.2) is 0 Å². The number of azide groups is 1. The molecule has 0 aliphatic heterocycles. The van der Waals surface area contributed by atoms with Crippen molar-refractivity contribution in [3.8, 4) is 0 Å². The van der Waals surface area contributed by atoms with Crippen LogP contribution in [0.1, 0.15) is 27.2 Å². The molecule has 1 atom stereocenters. The first-order valence-corrected chi connectivity index (χ1v) is 8.99. The van der Waals surface area contributed by atoms with E-state index in [1.54, 1.807) is 0 Å². The van der Waals surface area contributed by atoms with Crippen LogP contribution in [0.4, 0.5) is 0 Å². The second kappa shape index (κ2) is 7.02. The Balaban J connectivity index is 4.87. The number of aliphatic hydroxyl groups is 2. The molecule has 0 unspecified atom stereocenters. The van der Waals surface area contributed by atoms with Crippen LogP contribution in [0.5, 0.6) is 0 Å². The molecule has 0 heterocycles. The van der Waals surface area contributed by atoms with Crippen molar-refractivity contribution in [1.82, 2.24) is 0 Å². The van der Waals surface area contributed by atoms with E-state index >= 15 is 0 Å². The average Bonchev–Trinajstić information content (AvgIpc) is 2.23. The molecule has 0 aliphatic rings. The fourth-order valence-corrected chi connectivity index (χ4v) is 2.54. The van der Waals surface area contributed by atoms with E-state index in [0.717, 1.165) is 0 Å². The Bertz CT molecular complexity index is 359. The SMILES string of the molecule is CC(C)(C)[Si](C)(C)O[C@H](CN=[N+]=[N-])CC(=O)C(O)O. The number of hydrogen-bond acceptors (Lipinski definition) is 5. The van der Waals surface area contributed by atoms with Crippen LogP contribution in [0.15, 0.2) is 5.11 Å². The molecule has 0 spiro atoms. The number of rotatable bonds is 7. The quantitative estimate of drug-likeness (QED) is 0.245. The fraction of sp³-hybridized carbons (Fsp3) is 0.909. The molecule has 0 bridgehead atoms. The average molecular weight is 289 g/mol. The minimum Gasteiger partial charge on any atom is -0.413 e. The molecule has 0 aromatic heterocycles. The lowest BCUT2D eigenvalue weighted by molar-refractivity contribution is -0.146. The summed E-state index contributed by atoms with van der Waals surface area (Å²) >= 11 is 0. The summed E-state index contributed by atoms with van der Waals surface area (Å²) in [4.78, 5) is 14.0. The van der Waals surface area contributed by atoms with Gasteiger partial charge in [0, 0.05) is 11.3 Å². The fourth-order valence-electron chi connectivity index (χ4n) is 1.19. The van der Waals surface area contributed by atoms with Crippen molar-refractivity contribution in [2.45, 2.75) is 57.7 Å². The Morgan fingerprint density at radius 1 is 1.42 bits per heavy atom. The zero-order chi connectivity index (χ0) is 15.3. The van der Waals surface area contributed by atoms with Crippen molar-refractivity contribution >= 4 is 14.1 Å². The van der Waals surface area contributed by atoms with Gasteiger partial charge in [0.25, 0.3) is 0 Å². The molecule has 0 radical (unpaired) electrons. The number of nitrogens with zero attached hydrogens (tertiary/aromatic N) is 3. The summed E-state index contributed by atoms with van der Waals surface area (Å²) in [6.07, 6.45) is -2.81. The van der Waals surface area contributed by atoms with Gasteiger partial charge in [-0.3, -0.25) is 4.79 Å². The van der Waals surface area contributed by atoms with Crippen LogP contribution in [0.3, 0.4) is 0 Å². The first-order chi connectivity index (χ1) is 8.51. The van der Waals surface area contributed by atoms with Crippen LogP contribution in [-0.2, 0) is 9.22 Å². The van der Waals surface area contributed by atoms with Gasteiger partial charge in [0.2, 0.25) is 6.29 Å². The molecule has 2 N–H and O–H groups in total. The van der Waals surface area contributed by atoms with Crippen LogP contribution in [0.2, 0.25) is 18.1 Å². The van der Waals surface area contributed by atoms with Crippen molar-refractivity contribution in [2.75, 3.05) is 6.54 Å². The Hall–Kier alpha value is -0.923. The van der Waals surface area contributed by atoms with Crippen LogP contribution in [0, 0.1) is 0 Å². The number of ketones is 1. The van der Waals surface area contributed by atoms with E-state index in [9.17, 15) is 4.79 Å². The molecule has 0 saturated carbocycles. The van der Waals surface area contributed by atoms with Gasteiger partial charge in [0.1, 0.15) is 0 Å². The number of carbonyl (C=O) groups is 1. The van der Waals surface area contributed by atoms with E-state index in [2.05, 4.69) is 10.0 Å². The molecule has 0 amide bonds. The first-order valence-electron chi connectivity index (χ1n) is 6.09. The maximum Gasteiger partial charge on any atom is 0.212 e. The third-order valence-corrected chi connectivity index (χ3v) is 7.87. The number of hydrogen-bond donors (Lipinski definition) is 2. The Kier molecular flexibility index (Phi) is 6.68. The second-order valence-corrected chi connectivity index (χ2v) is 10.7. The summed E-state index contributed by atoms with van der Waals surface area (Å²) in [6.45, 7) is 10.2. The molecule has 0 fully saturated rings. The van der Waals surface area contributed by atoms with Crippen molar-refractivity contribution in [1.29, 1.82) is 0 Å². The topological polar surface area (TPSA) is 116 Å². The van der Waals surface area contributed by atoms with Crippen molar-refractivity contribution < 1.29 is 19.4 Å². The predicted molar refractivity (Wildman–Crippen MR) is 73.9 cm³/mol. The van der Waals surface area contributed by atoms with Crippen LogP contribution >= 0.6 is 0 Å². The molecule has 0 aromatic carbocycles. The Morgan fingerprint density at radius 2 is 1.95 bits per heavy atom. The molecule has 7 nitrogen and oxygen atoms in total. The van der Waals surface area contributed by atoms with Crippen LogP contribution in [-0.4, -0.2) is 43.3 Å². The summed E-state index contributed by atoms with van der Waals surface area (Å²) in [5.41, 5.74) is 8.35. The minimum absolute atomic E-state index is 0.00146. The monoisotopic (exact) mass is 289 g/mol. The molecule has 0 aliphatic carbocycles. The van der Waals surface area contributed by atoms with Gasteiger partial charge in [0.15, 0.2) is 14.1 Å². The lowest BCUT2D eigenvalue weighted by Gasteiger charge is -2.39. The van der Waals surface area contributed by atoms with Crippen molar-refractivity contribution in [2.24, 2.45) is 5.11 Å². The number of Topliss-reactive ketones (excluding diaryl/α,β-unsaturated/α-hetero) is 1. The molecular formula is C11H23N3O4Si. The number of carbonyl (C=O) groups excluding carboxylic acids is 1. The van der Waals surface area contributed by atoms with Gasteiger partial charge in [0.05, 0.1) is 12.6 Å². The predicted octanol–water partition coefficient (Wildman–Crippen LogP) is 1.96. The van der Waals surface area contributed by atoms with E-state index in [-0.39, 0.29) is 18.0 Å². The molecule has 0 rings (SSSR count). The summed E-state index contributed by atoms with van der Waals surface area (Å²) in [5.74, 6) is -0.739. The van der Waals surface area contributed by atoms with E-state index in [1.165, 1.54) is 0 Å². The Morgan fingerprint density at radius 3 is 2.32 bits per heavy atom. The highest BCUT2D eigenvalue weighted by Crippen LogP contribution is 2.37. The highest BCUT2D eigenvalue weighted by Gasteiger charge is 2.39.